The number of sulfonamides is 1. The fourth-order valence-corrected chi connectivity index (χ4v) is 4.89. The van der Waals surface area contributed by atoms with Crippen molar-refractivity contribution in [3.05, 3.63) is 58.6 Å². The topological polar surface area (TPSA) is 75.3 Å². The van der Waals surface area contributed by atoms with E-state index in [0.29, 0.717) is 5.56 Å². The summed E-state index contributed by atoms with van der Waals surface area (Å²) in [5, 5.41) is 3.28. The van der Waals surface area contributed by atoms with Crippen LogP contribution >= 0.6 is 11.6 Å². The van der Waals surface area contributed by atoms with Crippen LogP contribution in [0, 0.1) is 6.92 Å². The zero-order chi connectivity index (χ0) is 20.9. The van der Waals surface area contributed by atoms with E-state index in [9.17, 15) is 13.2 Å². The molecular weight excluding hydrogens is 408 g/mol. The maximum absolute atomic E-state index is 12.6. The van der Waals surface area contributed by atoms with E-state index in [1.165, 1.54) is 31.4 Å². The molecule has 0 unspecified atom stereocenters. The van der Waals surface area contributed by atoms with Gasteiger partial charge in [-0.2, -0.15) is 0 Å². The molecule has 1 amide bonds. The Labute approximate surface area is 177 Å². The Morgan fingerprint density at radius 1 is 0.966 bits per heavy atom. The van der Waals surface area contributed by atoms with Gasteiger partial charge in [-0.25, -0.2) is 8.42 Å². The lowest BCUT2D eigenvalue weighted by atomic mass is 9.96. The Morgan fingerprint density at radius 2 is 1.59 bits per heavy atom. The first kappa shape index (κ1) is 21.7. The van der Waals surface area contributed by atoms with Crippen LogP contribution in [0.1, 0.15) is 60.9 Å². The molecule has 0 spiro atoms. The number of carbonyl (C=O) groups excluding carboxylic acids is 1. The number of hydrogen-bond donors (Lipinski definition) is 2. The second kappa shape index (κ2) is 9.63. The van der Waals surface area contributed by atoms with E-state index in [1.54, 1.807) is 30.3 Å². The van der Waals surface area contributed by atoms with Crippen molar-refractivity contribution in [1.82, 2.24) is 5.32 Å². The standard InChI is InChI=1S/C22H27ClN2O3S/c1-16-9-12-19(13-10-16)29(27,28)25-21-14-11-17(15-20(21)23)22(26)24-18-7-5-3-2-4-6-8-18/h9-15,18,25H,2-8H2,1H3,(H,24,26). The molecule has 3 rings (SSSR count). The van der Waals surface area contributed by atoms with E-state index in [4.69, 9.17) is 11.6 Å². The third-order valence-corrected chi connectivity index (χ3v) is 6.94. The zero-order valence-corrected chi connectivity index (χ0v) is 18.2. The highest BCUT2D eigenvalue weighted by Crippen LogP contribution is 2.26. The van der Waals surface area contributed by atoms with Crippen molar-refractivity contribution in [3.8, 4) is 0 Å². The largest absolute Gasteiger partial charge is 0.349 e. The van der Waals surface area contributed by atoms with E-state index in [0.717, 1.165) is 31.2 Å². The van der Waals surface area contributed by atoms with E-state index in [-0.39, 0.29) is 27.6 Å². The first-order valence-corrected chi connectivity index (χ1v) is 11.9. The average Bonchev–Trinajstić information content (AvgIpc) is 2.65. The summed E-state index contributed by atoms with van der Waals surface area (Å²) in [4.78, 5) is 12.8. The Kier molecular flexibility index (Phi) is 7.19. The number of halogens is 1. The highest BCUT2D eigenvalue weighted by molar-refractivity contribution is 7.92. The summed E-state index contributed by atoms with van der Waals surface area (Å²) in [5.41, 5.74) is 1.65. The molecule has 1 fully saturated rings. The molecule has 156 valence electrons. The summed E-state index contributed by atoms with van der Waals surface area (Å²) in [6.07, 6.45) is 7.96. The highest BCUT2D eigenvalue weighted by Gasteiger charge is 2.18. The summed E-state index contributed by atoms with van der Waals surface area (Å²) >= 11 is 6.28. The zero-order valence-electron chi connectivity index (χ0n) is 16.6. The summed E-state index contributed by atoms with van der Waals surface area (Å²) in [6, 6.07) is 11.4. The third kappa shape index (κ3) is 5.97. The van der Waals surface area contributed by atoms with Crippen molar-refractivity contribution in [1.29, 1.82) is 0 Å². The minimum absolute atomic E-state index is 0.158. The van der Waals surface area contributed by atoms with Crippen molar-refractivity contribution in [2.45, 2.75) is 62.8 Å². The monoisotopic (exact) mass is 434 g/mol. The predicted molar refractivity (Wildman–Crippen MR) is 117 cm³/mol. The molecule has 1 aliphatic carbocycles. The smallest absolute Gasteiger partial charge is 0.261 e. The molecule has 0 aromatic heterocycles. The summed E-state index contributed by atoms with van der Waals surface area (Å²) in [7, 11) is -3.75. The van der Waals surface area contributed by atoms with Gasteiger partial charge in [0.05, 0.1) is 15.6 Å². The van der Waals surface area contributed by atoms with Crippen LogP contribution in [0.15, 0.2) is 47.4 Å². The summed E-state index contributed by atoms with van der Waals surface area (Å²) < 4.78 is 27.6. The molecule has 0 radical (unpaired) electrons. The Balaban J connectivity index is 1.69. The maximum Gasteiger partial charge on any atom is 0.261 e. The fourth-order valence-electron chi connectivity index (χ4n) is 3.53. The van der Waals surface area contributed by atoms with Crippen molar-refractivity contribution in [2.75, 3.05) is 4.72 Å². The molecule has 1 saturated carbocycles. The summed E-state index contributed by atoms with van der Waals surface area (Å²) in [5.74, 6) is -0.176. The quantitative estimate of drug-likeness (QED) is 0.671. The number of anilines is 1. The Morgan fingerprint density at radius 3 is 2.21 bits per heavy atom. The van der Waals surface area contributed by atoms with Gasteiger partial charge >= 0.3 is 0 Å². The molecule has 2 N–H and O–H groups in total. The maximum atomic E-state index is 12.6. The van der Waals surface area contributed by atoms with Crippen LogP contribution in [0.2, 0.25) is 5.02 Å². The van der Waals surface area contributed by atoms with Crippen LogP contribution in [-0.4, -0.2) is 20.4 Å². The molecule has 5 nitrogen and oxygen atoms in total. The van der Waals surface area contributed by atoms with Crippen molar-refractivity contribution < 1.29 is 13.2 Å². The first-order chi connectivity index (χ1) is 13.8. The molecule has 0 heterocycles. The van der Waals surface area contributed by atoms with Crippen molar-refractivity contribution >= 4 is 33.2 Å². The summed E-state index contributed by atoms with van der Waals surface area (Å²) in [6.45, 7) is 1.89. The van der Waals surface area contributed by atoms with Gasteiger partial charge in [0.25, 0.3) is 15.9 Å². The predicted octanol–water partition coefficient (Wildman–Crippen LogP) is 5.29. The molecule has 0 aliphatic heterocycles. The van der Waals surface area contributed by atoms with Crippen LogP contribution in [-0.2, 0) is 10.0 Å². The lowest BCUT2D eigenvalue weighted by Crippen LogP contribution is -2.35. The second-order valence-electron chi connectivity index (χ2n) is 7.63. The molecular formula is C22H27ClN2O3S. The number of hydrogen-bond acceptors (Lipinski definition) is 3. The van der Waals surface area contributed by atoms with E-state index >= 15 is 0 Å². The normalized spacial score (nSPS) is 15.9. The molecule has 2 aromatic carbocycles. The van der Waals surface area contributed by atoms with Crippen LogP contribution in [0.5, 0.6) is 0 Å². The minimum Gasteiger partial charge on any atom is -0.349 e. The molecule has 2 aromatic rings. The fraction of sp³-hybridized carbons (Fsp3) is 0.409. The molecule has 1 aliphatic rings. The number of rotatable bonds is 5. The SMILES string of the molecule is Cc1ccc(S(=O)(=O)Nc2ccc(C(=O)NC3CCCCCCC3)cc2Cl)cc1. The molecule has 7 heteroatoms. The second-order valence-corrected chi connectivity index (χ2v) is 9.72. The van der Waals surface area contributed by atoms with Gasteiger partial charge in [-0.15, -0.1) is 0 Å². The number of aryl methyl sites for hydroxylation is 1. The Bertz CT molecular complexity index is 951. The van der Waals surface area contributed by atoms with Gasteiger partial charge in [0.2, 0.25) is 0 Å². The first-order valence-electron chi connectivity index (χ1n) is 10.0. The minimum atomic E-state index is -3.75. The highest BCUT2D eigenvalue weighted by atomic mass is 35.5. The molecule has 29 heavy (non-hydrogen) atoms. The van der Waals surface area contributed by atoms with E-state index in [2.05, 4.69) is 10.0 Å². The molecule has 0 bridgehead atoms. The van der Waals surface area contributed by atoms with Gasteiger partial charge < -0.3 is 5.32 Å². The van der Waals surface area contributed by atoms with Crippen molar-refractivity contribution in [3.63, 3.8) is 0 Å². The Hall–Kier alpha value is -2.05. The molecule has 0 saturated heterocycles. The molecule has 0 atom stereocenters. The van der Waals surface area contributed by atoms with E-state index < -0.39 is 10.0 Å². The van der Waals surface area contributed by atoms with Crippen LogP contribution < -0.4 is 10.0 Å². The number of carbonyl (C=O) groups is 1. The number of nitrogens with one attached hydrogen (secondary N) is 2. The van der Waals surface area contributed by atoms with Gasteiger partial charge in [-0.1, -0.05) is 61.4 Å². The van der Waals surface area contributed by atoms with Crippen LogP contribution in [0.25, 0.3) is 0 Å². The van der Waals surface area contributed by atoms with Gasteiger partial charge in [0.15, 0.2) is 0 Å². The number of benzene rings is 2. The van der Waals surface area contributed by atoms with E-state index in [1.807, 2.05) is 6.92 Å². The van der Waals surface area contributed by atoms with Crippen molar-refractivity contribution in [2.24, 2.45) is 0 Å². The van der Waals surface area contributed by atoms with Gasteiger partial charge in [-0.3, -0.25) is 9.52 Å². The van der Waals surface area contributed by atoms with Crippen LogP contribution in [0.4, 0.5) is 5.69 Å². The average molecular weight is 435 g/mol. The van der Waals surface area contributed by atoms with Gasteiger partial charge in [0.1, 0.15) is 0 Å². The lowest BCUT2D eigenvalue weighted by Gasteiger charge is -2.21. The van der Waals surface area contributed by atoms with Gasteiger partial charge in [0, 0.05) is 11.6 Å². The van der Waals surface area contributed by atoms with Crippen LogP contribution in [0.3, 0.4) is 0 Å². The third-order valence-electron chi connectivity index (χ3n) is 5.25. The van der Waals surface area contributed by atoms with Gasteiger partial charge in [-0.05, 0) is 50.1 Å². The number of amides is 1. The lowest BCUT2D eigenvalue weighted by molar-refractivity contribution is 0.0930.